The Bertz CT molecular complexity index is 1470. The Morgan fingerprint density at radius 1 is 1.12 bits per heavy atom. The summed E-state index contributed by atoms with van der Waals surface area (Å²) in [5.74, 6) is 0.0502. The van der Waals surface area contributed by atoms with Gasteiger partial charge in [0, 0.05) is 52.4 Å². The van der Waals surface area contributed by atoms with Crippen LogP contribution >= 0.6 is 11.6 Å². The minimum atomic E-state index is -0.494. The van der Waals surface area contributed by atoms with Crippen LogP contribution in [0.5, 0.6) is 0 Å². The van der Waals surface area contributed by atoms with E-state index in [2.05, 4.69) is 15.1 Å². The molecule has 0 N–H and O–H groups in total. The Morgan fingerprint density at radius 3 is 2.71 bits per heavy atom. The molecule has 7 nitrogen and oxygen atoms in total. The van der Waals surface area contributed by atoms with Crippen LogP contribution in [-0.4, -0.2) is 39.3 Å². The van der Waals surface area contributed by atoms with E-state index in [0.29, 0.717) is 58.6 Å². The van der Waals surface area contributed by atoms with Crippen LogP contribution in [-0.2, 0) is 4.74 Å². The van der Waals surface area contributed by atoms with Gasteiger partial charge >= 0.3 is 0 Å². The minimum absolute atomic E-state index is 0.182. The van der Waals surface area contributed by atoms with Crippen LogP contribution in [0, 0.1) is 26.6 Å². The Morgan fingerprint density at radius 2 is 1.94 bits per heavy atom. The molecule has 0 unspecified atom stereocenters. The third kappa shape index (κ3) is 4.03. The highest BCUT2D eigenvalue weighted by molar-refractivity contribution is 6.30. The zero-order valence-corrected chi connectivity index (χ0v) is 19.8. The van der Waals surface area contributed by atoms with Crippen molar-refractivity contribution in [2.45, 2.75) is 26.9 Å². The largest absolute Gasteiger partial charge is 0.370 e. The summed E-state index contributed by atoms with van der Waals surface area (Å²) in [4.78, 5) is 24.0. The van der Waals surface area contributed by atoms with Crippen LogP contribution in [0.3, 0.4) is 0 Å². The fourth-order valence-electron chi connectivity index (χ4n) is 4.18. The first-order valence-electron chi connectivity index (χ1n) is 11.0. The summed E-state index contributed by atoms with van der Waals surface area (Å²) in [6.45, 7) is 6.99. The normalized spacial score (nSPS) is 16.3. The second kappa shape index (κ2) is 8.77. The van der Waals surface area contributed by atoms with E-state index in [-0.39, 0.29) is 11.7 Å². The molecule has 0 bridgehead atoms. The summed E-state index contributed by atoms with van der Waals surface area (Å²) >= 11 is 5.98. The van der Waals surface area contributed by atoms with Crippen LogP contribution in [0.4, 0.5) is 10.2 Å². The Labute approximate surface area is 200 Å². The molecule has 1 atom stereocenters. The van der Waals surface area contributed by atoms with E-state index in [9.17, 15) is 9.18 Å². The molecule has 1 fully saturated rings. The highest BCUT2D eigenvalue weighted by Crippen LogP contribution is 2.32. The topological polar surface area (TPSA) is 72.6 Å². The highest BCUT2D eigenvalue weighted by Gasteiger charge is 2.25. The summed E-state index contributed by atoms with van der Waals surface area (Å²) in [5.41, 5.74) is 3.80. The minimum Gasteiger partial charge on any atom is -0.370 e. The second-order valence-corrected chi connectivity index (χ2v) is 8.88. The van der Waals surface area contributed by atoms with E-state index >= 15 is 0 Å². The third-order valence-electron chi connectivity index (χ3n) is 6.15. The van der Waals surface area contributed by atoms with E-state index < -0.39 is 5.82 Å². The molecule has 4 aromatic rings. The molecule has 1 aliphatic heterocycles. The molecule has 34 heavy (non-hydrogen) atoms. The van der Waals surface area contributed by atoms with Gasteiger partial charge in [-0.15, -0.1) is 5.10 Å². The number of hydrogen-bond donors (Lipinski definition) is 0. The maximum absolute atomic E-state index is 15.0. The van der Waals surface area contributed by atoms with Crippen molar-refractivity contribution in [3.63, 3.8) is 0 Å². The van der Waals surface area contributed by atoms with Gasteiger partial charge in [-0.05, 0) is 62.7 Å². The van der Waals surface area contributed by atoms with Gasteiger partial charge in [-0.2, -0.15) is 4.52 Å². The first kappa shape index (κ1) is 22.4. The van der Waals surface area contributed by atoms with Crippen LogP contribution in [0.25, 0.3) is 16.8 Å². The number of ether oxygens (including phenoxy) is 1. The lowest BCUT2D eigenvalue weighted by atomic mass is 10.1. The molecule has 1 aliphatic rings. The quantitative estimate of drug-likeness (QED) is 0.432. The van der Waals surface area contributed by atoms with Crippen LogP contribution in [0.15, 0.2) is 47.4 Å². The smallest absolute Gasteiger partial charge is 0.277 e. The fraction of sp³-hybridized carbons (Fsp3) is 0.280. The van der Waals surface area contributed by atoms with Crippen molar-refractivity contribution in [3.8, 4) is 11.1 Å². The van der Waals surface area contributed by atoms with Gasteiger partial charge < -0.3 is 9.64 Å². The molecule has 0 amide bonds. The number of morpholine rings is 1. The first-order chi connectivity index (χ1) is 16.3. The molecule has 4 heterocycles. The first-order valence-corrected chi connectivity index (χ1v) is 11.4. The molecule has 1 saturated heterocycles. The van der Waals surface area contributed by atoms with Crippen LogP contribution < -0.4 is 10.5 Å². The molecule has 1 aromatic carbocycles. The van der Waals surface area contributed by atoms with Gasteiger partial charge in [-0.25, -0.2) is 9.37 Å². The van der Waals surface area contributed by atoms with Crippen molar-refractivity contribution in [1.29, 1.82) is 0 Å². The predicted molar refractivity (Wildman–Crippen MR) is 129 cm³/mol. The second-order valence-electron chi connectivity index (χ2n) is 8.44. The molecule has 5 rings (SSSR count). The maximum Gasteiger partial charge on any atom is 0.277 e. The summed E-state index contributed by atoms with van der Waals surface area (Å²) in [6, 6.07) is 10.2. The van der Waals surface area contributed by atoms with Gasteiger partial charge in [0.05, 0.1) is 6.61 Å². The van der Waals surface area contributed by atoms with Crippen molar-refractivity contribution in [2.75, 3.05) is 24.6 Å². The number of benzene rings is 1. The molecular formula is C25H23ClFN5O2. The number of pyridine rings is 1. The van der Waals surface area contributed by atoms with Gasteiger partial charge in [-0.1, -0.05) is 11.6 Å². The third-order valence-corrected chi connectivity index (χ3v) is 6.39. The molecular weight excluding hydrogens is 457 g/mol. The lowest BCUT2D eigenvalue weighted by Gasteiger charge is -2.34. The molecule has 0 spiro atoms. The van der Waals surface area contributed by atoms with Crippen molar-refractivity contribution in [2.24, 2.45) is 0 Å². The lowest BCUT2D eigenvalue weighted by Crippen LogP contribution is -2.39. The highest BCUT2D eigenvalue weighted by atomic mass is 35.5. The number of halogens is 2. The van der Waals surface area contributed by atoms with Crippen molar-refractivity contribution < 1.29 is 9.13 Å². The van der Waals surface area contributed by atoms with Gasteiger partial charge in [0.15, 0.2) is 11.5 Å². The number of anilines is 1. The van der Waals surface area contributed by atoms with Gasteiger partial charge in [0.1, 0.15) is 11.9 Å². The standard InChI is InChI=1S/C25H23ClFN5O2/c1-14-10-17(6-7-28-14)22-13-31(8-9-34-22)23-12-20(19-5-4-18(26)11-21(19)27)24-29-16(3)15(2)25(33)32(24)30-23/h4-7,10-12,22H,8-9,13H2,1-3H3/t22-/m0/s1. The van der Waals surface area contributed by atoms with Gasteiger partial charge in [0.2, 0.25) is 0 Å². The number of fused-ring (bicyclic) bond motifs is 1. The van der Waals surface area contributed by atoms with E-state index in [4.69, 9.17) is 16.3 Å². The summed E-state index contributed by atoms with van der Waals surface area (Å²) in [6.07, 6.45) is 1.58. The molecule has 0 radical (unpaired) electrons. The lowest BCUT2D eigenvalue weighted by molar-refractivity contribution is 0.0393. The Hall–Kier alpha value is -3.36. The van der Waals surface area contributed by atoms with E-state index in [0.717, 1.165) is 11.3 Å². The van der Waals surface area contributed by atoms with Gasteiger partial charge in [-0.3, -0.25) is 9.78 Å². The zero-order valence-electron chi connectivity index (χ0n) is 19.0. The number of rotatable bonds is 3. The van der Waals surface area contributed by atoms with Crippen LogP contribution in [0.2, 0.25) is 5.02 Å². The molecule has 3 aromatic heterocycles. The maximum atomic E-state index is 15.0. The predicted octanol–water partition coefficient (Wildman–Crippen LogP) is 4.45. The van der Waals surface area contributed by atoms with Crippen molar-refractivity contribution in [3.05, 3.63) is 86.3 Å². The number of hydrogen-bond acceptors (Lipinski definition) is 6. The molecule has 9 heteroatoms. The van der Waals surface area contributed by atoms with Crippen LogP contribution in [0.1, 0.15) is 28.6 Å². The molecule has 174 valence electrons. The number of aryl methyl sites for hydroxylation is 2. The summed E-state index contributed by atoms with van der Waals surface area (Å²) in [5, 5.41) is 4.92. The average molecular weight is 480 g/mol. The fourth-order valence-corrected chi connectivity index (χ4v) is 4.34. The molecule has 0 aliphatic carbocycles. The van der Waals surface area contributed by atoms with E-state index in [1.807, 2.05) is 24.0 Å². The Balaban J connectivity index is 1.66. The summed E-state index contributed by atoms with van der Waals surface area (Å²) in [7, 11) is 0. The Kier molecular flexibility index (Phi) is 5.79. The van der Waals surface area contributed by atoms with E-state index in [1.165, 1.54) is 10.6 Å². The zero-order chi connectivity index (χ0) is 24.0. The molecule has 0 saturated carbocycles. The van der Waals surface area contributed by atoms with Gasteiger partial charge in [0.25, 0.3) is 5.56 Å². The number of aromatic nitrogens is 4. The summed E-state index contributed by atoms with van der Waals surface area (Å²) < 4.78 is 22.3. The van der Waals surface area contributed by atoms with Crippen molar-refractivity contribution in [1.82, 2.24) is 19.6 Å². The monoisotopic (exact) mass is 479 g/mol. The average Bonchev–Trinajstić information content (AvgIpc) is 2.82. The number of nitrogens with zero attached hydrogens (tertiary/aromatic N) is 5. The van der Waals surface area contributed by atoms with Crippen molar-refractivity contribution >= 4 is 23.1 Å². The van der Waals surface area contributed by atoms with E-state index in [1.54, 1.807) is 38.2 Å². The SMILES string of the molecule is Cc1cc([C@@H]2CN(c3cc(-c4ccc(Cl)cc4F)c4nc(C)c(C)c(=O)n4n3)CCO2)ccn1.